The molecule has 7 nitrogen and oxygen atoms in total. The summed E-state index contributed by atoms with van der Waals surface area (Å²) in [6, 6.07) is 10.9. The molecular formula is C22H26ClN5O2. The Bertz CT molecular complexity index is 923. The fourth-order valence-corrected chi connectivity index (χ4v) is 4.24. The van der Waals surface area contributed by atoms with Crippen LogP contribution < -0.4 is 16.2 Å². The summed E-state index contributed by atoms with van der Waals surface area (Å²) >= 11 is 6.06. The molecule has 2 saturated heterocycles. The lowest BCUT2D eigenvalue weighted by atomic mass is 9.95. The Balaban J connectivity index is 1.36. The van der Waals surface area contributed by atoms with Crippen LogP contribution in [0.5, 0.6) is 0 Å². The normalized spacial score (nSPS) is 23.9. The number of piperidine rings is 1. The topological polar surface area (TPSA) is 86.4 Å². The number of anilines is 1. The summed E-state index contributed by atoms with van der Waals surface area (Å²) in [7, 11) is 0. The van der Waals surface area contributed by atoms with Gasteiger partial charge in [0.25, 0.3) is 0 Å². The lowest BCUT2D eigenvalue weighted by molar-refractivity contribution is -0.136. The number of hydrazine groups is 1. The molecule has 3 N–H and O–H groups in total. The zero-order valence-corrected chi connectivity index (χ0v) is 17.7. The summed E-state index contributed by atoms with van der Waals surface area (Å²) in [5, 5.41) is 3.56. The molecule has 8 heteroatoms. The molecule has 158 valence electrons. The summed E-state index contributed by atoms with van der Waals surface area (Å²) in [5.74, 6) is -0.277. The number of aromatic nitrogens is 1. The van der Waals surface area contributed by atoms with Gasteiger partial charge in [0.1, 0.15) is 6.04 Å². The second-order valence-electron chi connectivity index (χ2n) is 7.96. The Labute approximate surface area is 181 Å². The predicted octanol–water partition coefficient (Wildman–Crippen LogP) is 2.83. The van der Waals surface area contributed by atoms with Crippen LogP contribution in [0.15, 0.2) is 42.6 Å². The minimum atomic E-state index is -0.325. The largest absolute Gasteiger partial charge is 0.341 e. The van der Waals surface area contributed by atoms with Crippen molar-refractivity contribution >= 4 is 29.1 Å². The van der Waals surface area contributed by atoms with E-state index < -0.39 is 0 Å². The van der Waals surface area contributed by atoms with Crippen LogP contribution in [0.1, 0.15) is 36.6 Å². The number of halogens is 1. The molecule has 4 rings (SSSR count). The number of nitrogens with one attached hydrogen (secondary N) is 3. The third-order valence-corrected chi connectivity index (χ3v) is 6.04. The number of aryl methyl sites for hydroxylation is 1. The minimum absolute atomic E-state index is 0.00478. The van der Waals surface area contributed by atoms with E-state index in [2.05, 4.69) is 21.2 Å². The molecule has 1 aromatic heterocycles. The van der Waals surface area contributed by atoms with Crippen LogP contribution in [-0.4, -0.2) is 40.8 Å². The van der Waals surface area contributed by atoms with Gasteiger partial charge < -0.3 is 10.2 Å². The molecule has 1 aromatic carbocycles. The summed E-state index contributed by atoms with van der Waals surface area (Å²) in [6.45, 7) is 3.03. The van der Waals surface area contributed by atoms with Crippen molar-refractivity contribution in [1.82, 2.24) is 20.7 Å². The number of hydrogen-bond donors (Lipinski definition) is 3. The van der Waals surface area contributed by atoms with Gasteiger partial charge in [-0.3, -0.25) is 14.6 Å². The second-order valence-corrected chi connectivity index (χ2v) is 8.39. The number of nitrogens with zero attached hydrogens (tertiary/aromatic N) is 2. The van der Waals surface area contributed by atoms with Gasteiger partial charge in [0.2, 0.25) is 11.8 Å². The van der Waals surface area contributed by atoms with E-state index in [0.717, 1.165) is 29.8 Å². The molecule has 0 saturated carbocycles. The van der Waals surface area contributed by atoms with Gasteiger partial charge in [0.15, 0.2) is 0 Å². The molecule has 3 unspecified atom stereocenters. The first-order valence-electron chi connectivity index (χ1n) is 10.3. The number of rotatable bonds is 4. The predicted molar refractivity (Wildman–Crippen MR) is 116 cm³/mol. The van der Waals surface area contributed by atoms with Gasteiger partial charge in [0, 0.05) is 30.0 Å². The number of carbonyl (C=O) groups excluding carboxylic acids is 2. The Morgan fingerprint density at radius 2 is 2.10 bits per heavy atom. The third-order valence-electron chi connectivity index (χ3n) is 5.81. The highest BCUT2D eigenvalue weighted by Crippen LogP contribution is 2.25. The van der Waals surface area contributed by atoms with Crippen LogP contribution in [0.4, 0.5) is 5.69 Å². The maximum absolute atomic E-state index is 13.1. The molecule has 2 aliphatic rings. The van der Waals surface area contributed by atoms with Gasteiger partial charge in [-0.05, 0) is 56.0 Å². The van der Waals surface area contributed by atoms with Crippen molar-refractivity contribution < 1.29 is 9.59 Å². The van der Waals surface area contributed by atoms with E-state index in [9.17, 15) is 9.59 Å². The number of benzene rings is 1. The molecule has 3 heterocycles. The van der Waals surface area contributed by atoms with Gasteiger partial charge in [0.05, 0.1) is 17.7 Å². The molecule has 0 radical (unpaired) electrons. The molecule has 0 bridgehead atoms. The maximum Gasteiger partial charge on any atom is 0.241 e. The van der Waals surface area contributed by atoms with Crippen molar-refractivity contribution in [3.8, 4) is 0 Å². The first kappa shape index (κ1) is 20.8. The Morgan fingerprint density at radius 3 is 2.90 bits per heavy atom. The Hall–Kier alpha value is -2.48. The average molecular weight is 428 g/mol. The van der Waals surface area contributed by atoms with Gasteiger partial charge in [-0.1, -0.05) is 23.7 Å². The first-order valence-corrected chi connectivity index (χ1v) is 10.7. The molecule has 2 fully saturated rings. The minimum Gasteiger partial charge on any atom is -0.341 e. The van der Waals surface area contributed by atoms with Crippen molar-refractivity contribution in [2.75, 3.05) is 18.4 Å². The van der Waals surface area contributed by atoms with Crippen molar-refractivity contribution in [2.45, 2.75) is 38.3 Å². The number of likely N-dealkylation sites (tertiary alicyclic amines) is 1. The Kier molecular flexibility index (Phi) is 6.32. The van der Waals surface area contributed by atoms with Crippen molar-refractivity contribution in [3.05, 3.63) is 58.9 Å². The SMILES string of the molecule is Cc1ccc(Cl)cc1NC(=O)C1CCCN(C(=O)C2CC(c3ccccn3)NN2)C1. The van der Waals surface area contributed by atoms with Crippen LogP contribution >= 0.6 is 11.6 Å². The molecule has 3 atom stereocenters. The van der Waals surface area contributed by atoms with Crippen molar-refractivity contribution in [1.29, 1.82) is 0 Å². The van der Waals surface area contributed by atoms with E-state index in [1.54, 1.807) is 23.2 Å². The zero-order chi connectivity index (χ0) is 21.1. The number of hydrogen-bond acceptors (Lipinski definition) is 5. The van der Waals surface area contributed by atoms with E-state index in [4.69, 9.17) is 11.6 Å². The second kappa shape index (κ2) is 9.12. The highest BCUT2D eigenvalue weighted by Gasteiger charge is 2.36. The van der Waals surface area contributed by atoms with Crippen LogP contribution in [0.2, 0.25) is 5.02 Å². The highest BCUT2D eigenvalue weighted by atomic mass is 35.5. The first-order chi connectivity index (χ1) is 14.5. The quantitative estimate of drug-likeness (QED) is 0.698. The van der Waals surface area contributed by atoms with E-state index in [-0.39, 0.29) is 29.8 Å². The van der Waals surface area contributed by atoms with Crippen molar-refractivity contribution in [2.24, 2.45) is 5.92 Å². The van der Waals surface area contributed by atoms with Crippen molar-refractivity contribution in [3.63, 3.8) is 0 Å². The fourth-order valence-electron chi connectivity index (χ4n) is 4.07. The average Bonchev–Trinajstić information content (AvgIpc) is 3.27. The van der Waals surface area contributed by atoms with Crippen LogP contribution in [0.3, 0.4) is 0 Å². The Morgan fingerprint density at radius 1 is 1.23 bits per heavy atom. The lowest BCUT2D eigenvalue weighted by Crippen LogP contribution is -2.50. The highest BCUT2D eigenvalue weighted by molar-refractivity contribution is 6.31. The third kappa shape index (κ3) is 4.64. The van der Waals surface area contributed by atoms with E-state index in [0.29, 0.717) is 24.5 Å². The number of pyridine rings is 1. The molecule has 0 aliphatic carbocycles. The molecule has 2 amide bonds. The summed E-state index contributed by atoms with van der Waals surface area (Å²) in [5.41, 5.74) is 8.86. The molecule has 30 heavy (non-hydrogen) atoms. The lowest BCUT2D eigenvalue weighted by Gasteiger charge is -2.33. The van der Waals surface area contributed by atoms with Gasteiger partial charge in [-0.2, -0.15) is 0 Å². The summed E-state index contributed by atoms with van der Waals surface area (Å²) in [6.07, 6.45) is 3.96. The zero-order valence-electron chi connectivity index (χ0n) is 16.9. The standard InChI is InChI=1S/C22H26ClN5O2/c1-14-7-8-16(23)11-18(14)25-21(29)15-5-4-10-28(13-15)22(30)20-12-19(26-27-20)17-6-2-3-9-24-17/h2-3,6-9,11,15,19-20,26-27H,4-5,10,12-13H2,1H3,(H,25,29). The number of amides is 2. The van der Waals surface area contributed by atoms with Crippen LogP contribution in [0.25, 0.3) is 0 Å². The summed E-state index contributed by atoms with van der Waals surface area (Å²) in [4.78, 5) is 32.1. The molecular weight excluding hydrogens is 402 g/mol. The van der Waals surface area contributed by atoms with Crippen LogP contribution in [-0.2, 0) is 9.59 Å². The fraction of sp³-hybridized carbons (Fsp3) is 0.409. The van der Waals surface area contributed by atoms with E-state index in [1.807, 2.05) is 31.2 Å². The molecule has 0 spiro atoms. The van der Waals surface area contributed by atoms with E-state index in [1.165, 1.54) is 0 Å². The monoisotopic (exact) mass is 427 g/mol. The molecule has 2 aromatic rings. The van der Waals surface area contributed by atoms with Gasteiger partial charge in [-0.25, -0.2) is 10.9 Å². The van der Waals surface area contributed by atoms with E-state index >= 15 is 0 Å². The van der Waals surface area contributed by atoms with Gasteiger partial charge in [-0.15, -0.1) is 0 Å². The maximum atomic E-state index is 13.1. The summed E-state index contributed by atoms with van der Waals surface area (Å²) < 4.78 is 0. The smallest absolute Gasteiger partial charge is 0.241 e. The number of carbonyl (C=O) groups is 2. The molecule has 2 aliphatic heterocycles. The van der Waals surface area contributed by atoms with Crippen LogP contribution in [0, 0.1) is 12.8 Å². The van der Waals surface area contributed by atoms with Gasteiger partial charge >= 0.3 is 0 Å².